The van der Waals surface area contributed by atoms with E-state index >= 15 is 0 Å². The molecule has 0 aliphatic heterocycles. The molecular weight excluding hydrogens is 306 g/mol. The maximum atomic E-state index is 12.7. The van der Waals surface area contributed by atoms with Gasteiger partial charge in [-0.25, -0.2) is 0 Å². The number of fused-ring (bicyclic) bond motifs is 2. The summed E-state index contributed by atoms with van der Waals surface area (Å²) in [6.07, 6.45) is 0.360. The molecular formula is C19H21NO4. The molecule has 1 aromatic heterocycles. The van der Waals surface area contributed by atoms with E-state index in [0.717, 1.165) is 5.56 Å². The second-order valence-electron chi connectivity index (χ2n) is 5.82. The van der Waals surface area contributed by atoms with Gasteiger partial charge in [-0.1, -0.05) is 13.0 Å². The number of hydrogen-bond acceptors (Lipinski definition) is 5. The van der Waals surface area contributed by atoms with Crippen LogP contribution in [0.1, 0.15) is 18.9 Å². The molecule has 0 saturated heterocycles. The third-order valence-electron chi connectivity index (χ3n) is 4.12. The van der Waals surface area contributed by atoms with Crippen LogP contribution in [0.5, 0.6) is 5.75 Å². The van der Waals surface area contributed by atoms with E-state index in [1.54, 1.807) is 25.3 Å². The minimum Gasteiger partial charge on any atom is -0.497 e. The minimum atomic E-state index is -0.352. The summed E-state index contributed by atoms with van der Waals surface area (Å²) in [7, 11) is 1.58. The topological polar surface area (TPSA) is 71.7 Å². The van der Waals surface area contributed by atoms with E-state index in [1.165, 1.54) is 0 Å². The molecule has 2 N–H and O–H groups in total. The van der Waals surface area contributed by atoms with Crippen molar-refractivity contribution in [3.05, 3.63) is 52.2 Å². The van der Waals surface area contributed by atoms with Crippen LogP contribution in [0.3, 0.4) is 0 Å². The lowest BCUT2D eigenvalue weighted by molar-refractivity contribution is 0.167. The third kappa shape index (κ3) is 3.27. The molecule has 0 amide bonds. The molecule has 0 bridgehead atoms. The molecule has 0 saturated carbocycles. The van der Waals surface area contributed by atoms with E-state index in [4.69, 9.17) is 9.15 Å². The summed E-state index contributed by atoms with van der Waals surface area (Å²) in [5.74, 6) is 0.653. The predicted molar refractivity (Wildman–Crippen MR) is 94.5 cm³/mol. The van der Waals surface area contributed by atoms with Crippen LogP contribution in [-0.4, -0.2) is 24.9 Å². The van der Waals surface area contributed by atoms with Gasteiger partial charge in [-0.05, 0) is 36.2 Å². The molecule has 126 valence electrons. The molecule has 1 heterocycles. The Morgan fingerprint density at radius 1 is 1.17 bits per heavy atom. The van der Waals surface area contributed by atoms with Gasteiger partial charge in [-0.2, -0.15) is 0 Å². The van der Waals surface area contributed by atoms with Crippen LogP contribution in [-0.2, 0) is 6.54 Å². The van der Waals surface area contributed by atoms with Gasteiger partial charge in [0.05, 0.1) is 24.0 Å². The summed E-state index contributed by atoms with van der Waals surface area (Å²) in [6, 6.07) is 10.8. The zero-order valence-electron chi connectivity index (χ0n) is 13.8. The zero-order chi connectivity index (χ0) is 17.1. The summed E-state index contributed by atoms with van der Waals surface area (Å²) in [4.78, 5) is 12.7. The molecule has 0 radical (unpaired) electrons. The summed E-state index contributed by atoms with van der Waals surface area (Å²) >= 11 is 0. The SMILES string of the molecule is CC[C@@H](O)CNCc1ccc2oc3cc(OC)ccc3c(=O)c2c1. The second kappa shape index (κ2) is 7.03. The van der Waals surface area contributed by atoms with Crippen molar-refractivity contribution in [3.63, 3.8) is 0 Å². The van der Waals surface area contributed by atoms with Gasteiger partial charge >= 0.3 is 0 Å². The van der Waals surface area contributed by atoms with E-state index in [1.807, 2.05) is 25.1 Å². The Hall–Kier alpha value is -2.37. The fraction of sp³-hybridized carbons (Fsp3) is 0.316. The Bertz CT molecular complexity index is 916. The molecule has 0 aliphatic rings. The van der Waals surface area contributed by atoms with Crippen LogP contribution in [0.2, 0.25) is 0 Å². The van der Waals surface area contributed by atoms with Crippen LogP contribution < -0.4 is 15.5 Å². The van der Waals surface area contributed by atoms with Gasteiger partial charge in [0, 0.05) is 19.2 Å². The average Bonchev–Trinajstić information content (AvgIpc) is 2.61. The van der Waals surface area contributed by atoms with Crippen LogP contribution in [0.25, 0.3) is 21.9 Å². The zero-order valence-corrected chi connectivity index (χ0v) is 13.8. The molecule has 5 nitrogen and oxygen atoms in total. The fourth-order valence-corrected chi connectivity index (χ4v) is 2.65. The Labute approximate surface area is 139 Å². The number of rotatable bonds is 6. The van der Waals surface area contributed by atoms with E-state index < -0.39 is 0 Å². The molecule has 3 rings (SSSR count). The molecule has 2 aromatic carbocycles. The lowest BCUT2D eigenvalue weighted by Gasteiger charge is -2.10. The lowest BCUT2D eigenvalue weighted by Crippen LogP contribution is -2.25. The van der Waals surface area contributed by atoms with Crippen molar-refractivity contribution in [1.29, 1.82) is 0 Å². The Morgan fingerprint density at radius 2 is 2.00 bits per heavy atom. The molecule has 0 aliphatic carbocycles. The Kier molecular flexibility index (Phi) is 4.83. The number of ether oxygens (including phenoxy) is 1. The molecule has 3 aromatic rings. The van der Waals surface area contributed by atoms with Crippen LogP contribution >= 0.6 is 0 Å². The first-order valence-electron chi connectivity index (χ1n) is 8.04. The monoisotopic (exact) mass is 327 g/mol. The first-order chi connectivity index (χ1) is 11.6. The summed E-state index contributed by atoms with van der Waals surface area (Å²) in [5.41, 5.74) is 2.00. The second-order valence-corrected chi connectivity index (χ2v) is 5.82. The normalized spacial score (nSPS) is 12.6. The number of methoxy groups -OCH3 is 1. The largest absolute Gasteiger partial charge is 0.497 e. The molecule has 0 unspecified atom stereocenters. The Balaban J connectivity index is 1.96. The number of aliphatic hydroxyl groups is 1. The van der Waals surface area contributed by atoms with Crippen molar-refractivity contribution < 1.29 is 14.3 Å². The van der Waals surface area contributed by atoms with E-state index in [2.05, 4.69) is 5.32 Å². The minimum absolute atomic E-state index is 0.0515. The highest BCUT2D eigenvalue weighted by atomic mass is 16.5. The quantitative estimate of drug-likeness (QED) is 0.681. The van der Waals surface area contributed by atoms with Crippen molar-refractivity contribution in [2.45, 2.75) is 26.0 Å². The molecule has 5 heteroatoms. The summed E-state index contributed by atoms with van der Waals surface area (Å²) in [6.45, 7) is 3.06. The van der Waals surface area contributed by atoms with Gasteiger partial charge in [0.1, 0.15) is 16.9 Å². The van der Waals surface area contributed by atoms with Crippen molar-refractivity contribution in [2.75, 3.05) is 13.7 Å². The van der Waals surface area contributed by atoms with E-state index in [0.29, 0.717) is 47.2 Å². The van der Waals surface area contributed by atoms with Crippen LogP contribution in [0.15, 0.2) is 45.6 Å². The van der Waals surface area contributed by atoms with Crippen molar-refractivity contribution in [2.24, 2.45) is 0 Å². The Morgan fingerprint density at radius 3 is 2.75 bits per heavy atom. The third-order valence-corrected chi connectivity index (χ3v) is 4.12. The maximum Gasteiger partial charge on any atom is 0.200 e. The number of aliphatic hydroxyl groups excluding tert-OH is 1. The maximum absolute atomic E-state index is 12.7. The van der Waals surface area contributed by atoms with Gasteiger partial charge < -0.3 is 19.6 Å². The van der Waals surface area contributed by atoms with Gasteiger partial charge in [0.15, 0.2) is 0 Å². The first kappa shape index (κ1) is 16.5. The number of benzene rings is 2. The molecule has 24 heavy (non-hydrogen) atoms. The standard InChI is InChI=1S/C19H21NO4/c1-3-13(21)11-20-10-12-4-7-17-16(8-12)19(22)15-6-5-14(23-2)9-18(15)24-17/h4-9,13,20-21H,3,10-11H2,1-2H3/t13-/m1/s1. The number of hydrogen-bond donors (Lipinski definition) is 2. The number of nitrogens with one attached hydrogen (secondary N) is 1. The molecule has 1 atom stereocenters. The van der Waals surface area contributed by atoms with E-state index in [9.17, 15) is 9.90 Å². The fourth-order valence-electron chi connectivity index (χ4n) is 2.65. The summed E-state index contributed by atoms with van der Waals surface area (Å²) in [5, 5.41) is 13.9. The highest BCUT2D eigenvalue weighted by Gasteiger charge is 2.09. The first-order valence-corrected chi connectivity index (χ1v) is 8.04. The highest BCUT2D eigenvalue weighted by molar-refractivity contribution is 5.90. The van der Waals surface area contributed by atoms with Gasteiger partial charge in [-0.15, -0.1) is 0 Å². The molecule has 0 spiro atoms. The average molecular weight is 327 g/mol. The van der Waals surface area contributed by atoms with E-state index in [-0.39, 0.29) is 11.5 Å². The smallest absolute Gasteiger partial charge is 0.200 e. The van der Waals surface area contributed by atoms with Gasteiger partial charge in [0.25, 0.3) is 0 Å². The molecule has 0 fully saturated rings. The van der Waals surface area contributed by atoms with Crippen LogP contribution in [0, 0.1) is 0 Å². The predicted octanol–water partition coefficient (Wildman–Crippen LogP) is 2.82. The lowest BCUT2D eigenvalue weighted by atomic mass is 10.1. The van der Waals surface area contributed by atoms with Crippen molar-refractivity contribution >= 4 is 21.9 Å². The van der Waals surface area contributed by atoms with Crippen molar-refractivity contribution in [3.8, 4) is 5.75 Å². The summed E-state index contributed by atoms with van der Waals surface area (Å²) < 4.78 is 11.0. The van der Waals surface area contributed by atoms with Crippen LogP contribution in [0.4, 0.5) is 0 Å². The van der Waals surface area contributed by atoms with Crippen molar-refractivity contribution in [1.82, 2.24) is 5.32 Å². The highest BCUT2D eigenvalue weighted by Crippen LogP contribution is 2.23. The van der Waals surface area contributed by atoms with Gasteiger partial charge in [0.2, 0.25) is 5.43 Å². The van der Waals surface area contributed by atoms with Gasteiger partial charge in [-0.3, -0.25) is 4.79 Å².